The van der Waals surface area contributed by atoms with Gasteiger partial charge in [0.15, 0.2) is 5.82 Å². The van der Waals surface area contributed by atoms with E-state index in [1.807, 2.05) is 47.0 Å². The van der Waals surface area contributed by atoms with Gasteiger partial charge in [0.05, 0.1) is 48.2 Å². The molecule has 7 rings (SSSR count). The van der Waals surface area contributed by atoms with Crippen molar-refractivity contribution in [3.8, 4) is 23.2 Å². The fraction of sp³-hybridized carbons (Fsp3) is 0.257. The molecule has 44 heavy (non-hydrogen) atoms. The molecule has 1 saturated heterocycles. The zero-order valence-corrected chi connectivity index (χ0v) is 24.2. The summed E-state index contributed by atoms with van der Waals surface area (Å²) in [5.41, 5.74) is 7.48. The fourth-order valence-electron chi connectivity index (χ4n) is 5.94. The number of carbonyl (C=O) groups is 1. The zero-order valence-electron chi connectivity index (χ0n) is 24.2. The number of carbonyl (C=O) groups excluding carboxylic acids is 1. The monoisotopic (exact) mass is 588 g/mol. The van der Waals surface area contributed by atoms with Crippen molar-refractivity contribution in [1.82, 2.24) is 14.5 Å². The molecule has 9 heteroatoms. The van der Waals surface area contributed by atoms with Gasteiger partial charge in [-0.3, -0.25) is 0 Å². The van der Waals surface area contributed by atoms with Crippen molar-refractivity contribution in [2.75, 3.05) is 13.7 Å². The highest BCUT2D eigenvalue weighted by Gasteiger charge is 2.25. The molecule has 8 nitrogen and oxygen atoms in total. The van der Waals surface area contributed by atoms with E-state index in [2.05, 4.69) is 18.2 Å². The lowest BCUT2D eigenvalue weighted by atomic mass is 9.92. The van der Waals surface area contributed by atoms with E-state index >= 15 is 4.39 Å². The van der Waals surface area contributed by atoms with Crippen molar-refractivity contribution in [3.05, 3.63) is 112 Å². The minimum absolute atomic E-state index is 0.00483. The van der Waals surface area contributed by atoms with Crippen molar-refractivity contribution < 1.29 is 23.4 Å². The molecule has 2 aromatic heterocycles. The highest BCUT2D eigenvalue weighted by Crippen LogP contribution is 2.30. The Kier molecular flexibility index (Phi) is 7.28. The molecule has 0 unspecified atom stereocenters. The Morgan fingerprint density at radius 3 is 2.73 bits per heavy atom. The maximum atomic E-state index is 15.3. The molecule has 0 saturated carbocycles. The zero-order chi connectivity index (χ0) is 30.2. The van der Waals surface area contributed by atoms with Crippen LogP contribution in [0.2, 0.25) is 0 Å². The Bertz CT molecular complexity index is 1960. The Morgan fingerprint density at radius 2 is 1.93 bits per heavy atom. The minimum Gasteiger partial charge on any atom is -0.473 e. The summed E-state index contributed by atoms with van der Waals surface area (Å²) in [6, 6.07) is 22.8. The number of esters is 1. The minimum atomic E-state index is -0.603. The van der Waals surface area contributed by atoms with Crippen LogP contribution in [0.4, 0.5) is 4.39 Å². The maximum absolute atomic E-state index is 15.3. The summed E-state index contributed by atoms with van der Waals surface area (Å²) in [4.78, 5) is 21.8. The van der Waals surface area contributed by atoms with Gasteiger partial charge >= 0.3 is 5.97 Å². The summed E-state index contributed by atoms with van der Waals surface area (Å²) >= 11 is 0. The number of imidazole rings is 1. The van der Waals surface area contributed by atoms with Crippen molar-refractivity contribution in [2.45, 2.75) is 44.9 Å². The average Bonchev–Trinajstić information content (AvgIpc) is 3.37. The number of hydrogen-bond donors (Lipinski definition) is 0. The topological polar surface area (TPSA) is 99.3 Å². The molecular formula is C35H29FN4O4. The Morgan fingerprint density at radius 1 is 1.07 bits per heavy atom. The second-order valence-corrected chi connectivity index (χ2v) is 11.1. The molecule has 2 aliphatic rings. The summed E-state index contributed by atoms with van der Waals surface area (Å²) in [7, 11) is 1.28. The summed E-state index contributed by atoms with van der Waals surface area (Å²) in [5, 5.41) is 9.55. The van der Waals surface area contributed by atoms with Gasteiger partial charge < -0.3 is 18.8 Å². The first-order chi connectivity index (χ1) is 21.5. The van der Waals surface area contributed by atoms with Crippen molar-refractivity contribution in [2.24, 2.45) is 0 Å². The number of pyridine rings is 1. The number of fused-ring (bicyclic) bond motifs is 7. The Labute approximate surface area is 253 Å². The first-order valence-electron chi connectivity index (χ1n) is 14.6. The number of ether oxygens (including phenoxy) is 3. The van der Waals surface area contributed by atoms with Crippen LogP contribution < -0.4 is 4.74 Å². The number of aryl methyl sites for hydroxylation is 2. The number of benzene rings is 3. The molecule has 0 N–H and O–H groups in total. The molecule has 0 spiro atoms. The number of rotatable bonds is 5. The molecule has 220 valence electrons. The number of aromatic nitrogens is 3. The van der Waals surface area contributed by atoms with Gasteiger partial charge in [-0.1, -0.05) is 24.3 Å². The SMILES string of the molecule is COC(=O)c1cc(F)c2nc(Cc3ccc4cc3CCc3cc(C#N)ccc3COc3cccc-4n3)n(C[C@@H]3CCO3)c2c1. The van der Waals surface area contributed by atoms with Crippen LogP contribution in [-0.2, 0) is 41.9 Å². The first kappa shape index (κ1) is 27.7. The van der Waals surface area contributed by atoms with Crippen LogP contribution in [0.5, 0.6) is 5.88 Å². The van der Waals surface area contributed by atoms with E-state index < -0.39 is 11.8 Å². The van der Waals surface area contributed by atoms with Gasteiger partial charge in [0.25, 0.3) is 0 Å². The van der Waals surface area contributed by atoms with Crippen LogP contribution in [-0.4, -0.2) is 40.3 Å². The molecule has 2 aliphatic heterocycles. The predicted octanol–water partition coefficient (Wildman–Crippen LogP) is 5.95. The van der Waals surface area contributed by atoms with E-state index in [4.69, 9.17) is 24.2 Å². The average molecular weight is 589 g/mol. The molecule has 0 radical (unpaired) electrons. The Balaban J connectivity index is 1.33. The normalized spacial score (nSPS) is 15.6. The highest BCUT2D eigenvalue weighted by molar-refractivity contribution is 5.94. The third kappa shape index (κ3) is 5.29. The van der Waals surface area contributed by atoms with E-state index in [9.17, 15) is 10.1 Å². The number of hydrogen-bond acceptors (Lipinski definition) is 7. The third-order valence-corrected chi connectivity index (χ3v) is 8.44. The van der Waals surface area contributed by atoms with E-state index in [0.717, 1.165) is 39.9 Å². The maximum Gasteiger partial charge on any atom is 0.338 e. The molecule has 4 bridgehead atoms. The lowest BCUT2D eigenvalue weighted by Gasteiger charge is -2.27. The van der Waals surface area contributed by atoms with Gasteiger partial charge in [-0.15, -0.1) is 0 Å². The van der Waals surface area contributed by atoms with Crippen LogP contribution >= 0.6 is 0 Å². The van der Waals surface area contributed by atoms with Crippen LogP contribution in [0.1, 0.15) is 50.4 Å². The summed E-state index contributed by atoms with van der Waals surface area (Å²) < 4.78 is 33.9. The highest BCUT2D eigenvalue weighted by atomic mass is 19.1. The summed E-state index contributed by atoms with van der Waals surface area (Å²) in [6.45, 7) is 1.55. The second-order valence-electron chi connectivity index (χ2n) is 11.1. The number of methoxy groups -OCH3 is 1. The standard InChI is InChI=1S/C35H29FN4O4/c1-42-35(41)27-15-29(36)34-31(16-27)40(19-28-11-12-43-28)32(39-34)17-24-9-10-25-14-23(24)8-7-22-13-21(18-37)5-6-26(22)20-44-33-4-2-3-30(25)38-33/h2-6,9-10,13-16,28H,7-8,11-12,17,19-20H2,1H3/t28-/m0/s1. The van der Waals surface area contributed by atoms with Crippen molar-refractivity contribution in [3.63, 3.8) is 0 Å². The van der Waals surface area contributed by atoms with Gasteiger partial charge in [0, 0.05) is 24.7 Å². The smallest absolute Gasteiger partial charge is 0.338 e. The molecule has 1 atom stereocenters. The van der Waals surface area contributed by atoms with E-state index in [-0.39, 0.29) is 17.2 Å². The van der Waals surface area contributed by atoms with Gasteiger partial charge in [0.2, 0.25) is 5.88 Å². The molecule has 0 aliphatic carbocycles. The first-order valence-corrected chi connectivity index (χ1v) is 14.6. The molecule has 3 aromatic carbocycles. The van der Waals surface area contributed by atoms with Crippen LogP contribution in [0.25, 0.3) is 22.3 Å². The molecule has 0 amide bonds. The number of halogens is 1. The van der Waals surface area contributed by atoms with Crippen molar-refractivity contribution >= 4 is 17.0 Å². The Hall–Kier alpha value is -5.07. The van der Waals surface area contributed by atoms with Gasteiger partial charge in [-0.05, 0) is 77.9 Å². The van der Waals surface area contributed by atoms with Crippen molar-refractivity contribution in [1.29, 1.82) is 5.26 Å². The quantitative estimate of drug-likeness (QED) is 0.234. The van der Waals surface area contributed by atoms with Gasteiger partial charge in [-0.2, -0.15) is 5.26 Å². The van der Waals surface area contributed by atoms with Crippen LogP contribution in [0, 0.1) is 17.1 Å². The summed E-state index contributed by atoms with van der Waals surface area (Å²) in [6.07, 6.45) is 2.76. The van der Waals surface area contributed by atoms with E-state index in [0.29, 0.717) is 61.8 Å². The predicted molar refractivity (Wildman–Crippen MR) is 161 cm³/mol. The fourth-order valence-corrected chi connectivity index (χ4v) is 5.94. The number of nitrogens with zero attached hydrogens (tertiary/aromatic N) is 4. The largest absolute Gasteiger partial charge is 0.473 e. The van der Waals surface area contributed by atoms with Gasteiger partial charge in [0.1, 0.15) is 17.9 Å². The number of nitriles is 1. The second kappa shape index (κ2) is 11.5. The summed E-state index contributed by atoms with van der Waals surface area (Å²) in [5.74, 6) is 0.0472. The third-order valence-electron chi connectivity index (χ3n) is 8.44. The van der Waals surface area contributed by atoms with Gasteiger partial charge in [-0.25, -0.2) is 19.2 Å². The van der Waals surface area contributed by atoms with E-state index in [1.54, 1.807) is 6.07 Å². The molecule has 4 heterocycles. The van der Waals surface area contributed by atoms with Crippen LogP contribution in [0.3, 0.4) is 0 Å². The lowest BCUT2D eigenvalue weighted by molar-refractivity contribution is -0.0589. The van der Waals surface area contributed by atoms with Crippen LogP contribution in [0.15, 0.2) is 66.7 Å². The lowest BCUT2D eigenvalue weighted by Crippen LogP contribution is -2.31. The van der Waals surface area contributed by atoms with E-state index in [1.165, 1.54) is 13.2 Å². The molecule has 1 fully saturated rings. The molecule has 5 aromatic rings. The molecular weight excluding hydrogens is 559 g/mol.